The summed E-state index contributed by atoms with van der Waals surface area (Å²) in [7, 11) is 0. The van der Waals surface area contributed by atoms with Crippen molar-refractivity contribution in [3.05, 3.63) is 75.8 Å². The fourth-order valence-electron chi connectivity index (χ4n) is 3.68. The summed E-state index contributed by atoms with van der Waals surface area (Å²) in [6.07, 6.45) is 1.13. The van der Waals surface area contributed by atoms with Gasteiger partial charge in [0.15, 0.2) is 0 Å². The van der Waals surface area contributed by atoms with Crippen molar-refractivity contribution in [3.63, 3.8) is 0 Å². The van der Waals surface area contributed by atoms with Crippen LogP contribution in [-0.4, -0.2) is 23.2 Å². The molecule has 1 spiro atoms. The molecule has 126 valence electrons. The third kappa shape index (κ3) is 2.50. The van der Waals surface area contributed by atoms with Crippen LogP contribution in [0.4, 0.5) is 5.69 Å². The number of non-ortho nitro benzene ring substituents is 1. The summed E-state index contributed by atoms with van der Waals surface area (Å²) < 4.78 is 5.27. The molecular weight excluding hydrogens is 320 g/mol. The van der Waals surface area contributed by atoms with Gasteiger partial charge in [-0.05, 0) is 11.1 Å². The van der Waals surface area contributed by atoms with Crippen LogP contribution in [0.2, 0.25) is 0 Å². The first-order valence-electron chi connectivity index (χ1n) is 8.14. The van der Waals surface area contributed by atoms with Crippen molar-refractivity contribution >= 4 is 17.4 Å². The lowest BCUT2D eigenvalue weighted by Crippen LogP contribution is -2.30. The maximum absolute atomic E-state index is 12.5. The van der Waals surface area contributed by atoms with E-state index >= 15 is 0 Å². The summed E-state index contributed by atoms with van der Waals surface area (Å²) in [6.45, 7) is 0.389. The Bertz CT molecular complexity index is 861. The molecule has 0 bridgehead atoms. The molecule has 6 nitrogen and oxygen atoms in total. The summed E-state index contributed by atoms with van der Waals surface area (Å²) in [5.74, 6) is -0.231. The number of esters is 1. The highest BCUT2D eigenvalue weighted by atomic mass is 16.6. The van der Waals surface area contributed by atoms with E-state index in [9.17, 15) is 14.9 Å². The minimum atomic E-state index is -0.707. The molecule has 1 fully saturated rings. The highest BCUT2D eigenvalue weighted by Gasteiger charge is 2.55. The second-order valence-corrected chi connectivity index (χ2v) is 6.41. The number of hydrogen-bond acceptors (Lipinski definition) is 5. The molecule has 2 heterocycles. The van der Waals surface area contributed by atoms with E-state index < -0.39 is 10.3 Å². The van der Waals surface area contributed by atoms with Gasteiger partial charge in [0.1, 0.15) is 5.41 Å². The Kier molecular flexibility index (Phi) is 3.60. The van der Waals surface area contributed by atoms with E-state index in [4.69, 9.17) is 9.73 Å². The highest BCUT2D eigenvalue weighted by Crippen LogP contribution is 2.52. The average Bonchev–Trinajstić information content (AvgIpc) is 3.20. The fraction of sp³-hybridized carbons (Fsp3) is 0.263. The molecule has 2 aliphatic heterocycles. The summed E-state index contributed by atoms with van der Waals surface area (Å²) >= 11 is 0. The largest absolute Gasteiger partial charge is 0.465 e. The fourth-order valence-corrected chi connectivity index (χ4v) is 3.68. The Labute approximate surface area is 144 Å². The zero-order chi connectivity index (χ0) is 17.4. The van der Waals surface area contributed by atoms with E-state index in [0.717, 1.165) is 16.8 Å². The summed E-state index contributed by atoms with van der Waals surface area (Å²) in [5.41, 5.74) is 1.99. The number of carbonyl (C=O) groups excluding carboxylic acids is 1. The molecule has 0 unspecified atom stereocenters. The molecule has 2 aromatic carbocycles. The van der Waals surface area contributed by atoms with Crippen LogP contribution in [0.1, 0.15) is 30.0 Å². The molecule has 4 rings (SSSR count). The Morgan fingerprint density at radius 3 is 2.44 bits per heavy atom. The van der Waals surface area contributed by atoms with Crippen LogP contribution in [0.5, 0.6) is 0 Å². The van der Waals surface area contributed by atoms with Crippen molar-refractivity contribution in [2.24, 2.45) is 10.4 Å². The first kappa shape index (κ1) is 15.5. The quantitative estimate of drug-likeness (QED) is 0.488. The van der Waals surface area contributed by atoms with Gasteiger partial charge in [-0.2, -0.15) is 0 Å². The second kappa shape index (κ2) is 5.81. The maximum Gasteiger partial charge on any atom is 0.315 e. The zero-order valence-electron chi connectivity index (χ0n) is 13.4. The number of aliphatic imine (C=N–C) groups is 1. The first-order chi connectivity index (χ1) is 12.1. The number of carbonyl (C=O) groups is 1. The van der Waals surface area contributed by atoms with Gasteiger partial charge in [-0.15, -0.1) is 0 Å². The van der Waals surface area contributed by atoms with E-state index in [1.165, 1.54) is 12.1 Å². The Morgan fingerprint density at radius 1 is 1.12 bits per heavy atom. The maximum atomic E-state index is 12.5. The van der Waals surface area contributed by atoms with Crippen LogP contribution in [0.25, 0.3) is 0 Å². The van der Waals surface area contributed by atoms with Crippen LogP contribution in [0, 0.1) is 15.5 Å². The van der Waals surface area contributed by atoms with Crippen molar-refractivity contribution in [1.29, 1.82) is 0 Å². The van der Waals surface area contributed by atoms with E-state index in [0.29, 0.717) is 19.4 Å². The topological polar surface area (TPSA) is 81.8 Å². The molecule has 2 aromatic rings. The molecular formula is C19H16N2O4. The van der Waals surface area contributed by atoms with Gasteiger partial charge >= 0.3 is 5.97 Å². The molecule has 6 heteroatoms. The number of nitro groups is 1. The normalized spacial score (nSPS) is 25.0. The Balaban J connectivity index is 1.77. The van der Waals surface area contributed by atoms with Gasteiger partial charge in [-0.25, -0.2) is 0 Å². The number of cyclic esters (lactones) is 1. The Morgan fingerprint density at radius 2 is 1.84 bits per heavy atom. The Hall–Kier alpha value is -3.02. The predicted molar refractivity (Wildman–Crippen MR) is 91.4 cm³/mol. The van der Waals surface area contributed by atoms with Crippen LogP contribution in [-0.2, 0) is 9.53 Å². The SMILES string of the molecule is O=C1OCC[C@]12CC(c1ccccc1)=N[C@H]2c1ccc([N+](=O)[O-])cc1. The number of nitrogens with zero attached hydrogens (tertiary/aromatic N) is 2. The van der Waals surface area contributed by atoms with E-state index in [-0.39, 0.29) is 17.7 Å². The molecule has 0 N–H and O–H groups in total. The van der Waals surface area contributed by atoms with Crippen LogP contribution < -0.4 is 0 Å². The van der Waals surface area contributed by atoms with E-state index in [1.54, 1.807) is 12.1 Å². The molecule has 0 saturated carbocycles. The van der Waals surface area contributed by atoms with Crippen LogP contribution in [0.3, 0.4) is 0 Å². The average molecular weight is 336 g/mol. The van der Waals surface area contributed by atoms with Gasteiger partial charge in [0.05, 0.1) is 17.6 Å². The minimum absolute atomic E-state index is 0.0251. The smallest absolute Gasteiger partial charge is 0.315 e. The number of nitro benzene ring substituents is 1. The number of ether oxygens (including phenoxy) is 1. The number of benzene rings is 2. The van der Waals surface area contributed by atoms with Gasteiger partial charge in [0.25, 0.3) is 5.69 Å². The standard InChI is InChI=1S/C19H16N2O4/c22-18-19(10-11-25-18)12-16(13-4-2-1-3-5-13)20-17(19)14-6-8-15(9-7-14)21(23)24/h1-9,17H,10-12H2/t17-,19+/m0/s1. The molecule has 2 atom stereocenters. The third-order valence-electron chi connectivity index (χ3n) is 5.01. The molecule has 1 saturated heterocycles. The first-order valence-corrected chi connectivity index (χ1v) is 8.14. The van der Waals surface area contributed by atoms with Crippen molar-refractivity contribution in [1.82, 2.24) is 0 Å². The van der Waals surface area contributed by atoms with Gasteiger partial charge in [0, 0.05) is 30.7 Å². The van der Waals surface area contributed by atoms with E-state index in [1.807, 2.05) is 30.3 Å². The summed E-state index contributed by atoms with van der Waals surface area (Å²) in [6, 6.07) is 15.7. The van der Waals surface area contributed by atoms with Crippen LogP contribution in [0.15, 0.2) is 59.6 Å². The molecule has 0 aromatic heterocycles. The van der Waals surface area contributed by atoms with E-state index in [2.05, 4.69) is 0 Å². The lowest BCUT2D eigenvalue weighted by atomic mass is 9.74. The molecule has 0 radical (unpaired) electrons. The predicted octanol–water partition coefficient (Wildman–Crippen LogP) is 3.46. The second-order valence-electron chi connectivity index (χ2n) is 6.41. The molecule has 0 aliphatic carbocycles. The van der Waals surface area contributed by atoms with Crippen molar-refractivity contribution in [2.45, 2.75) is 18.9 Å². The summed E-state index contributed by atoms with van der Waals surface area (Å²) in [5, 5.41) is 10.9. The van der Waals surface area contributed by atoms with Gasteiger partial charge < -0.3 is 4.74 Å². The van der Waals surface area contributed by atoms with Gasteiger partial charge in [0.2, 0.25) is 0 Å². The monoisotopic (exact) mass is 336 g/mol. The molecule has 0 amide bonds. The lowest BCUT2D eigenvalue weighted by molar-refractivity contribution is -0.384. The van der Waals surface area contributed by atoms with Crippen molar-refractivity contribution < 1.29 is 14.5 Å². The van der Waals surface area contributed by atoms with Crippen molar-refractivity contribution in [3.8, 4) is 0 Å². The zero-order valence-corrected chi connectivity index (χ0v) is 13.4. The number of rotatable bonds is 3. The van der Waals surface area contributed by atoms with Crippen LogP contribution >= 0.6 is 0 Å². The van der Waals surface area contributed by atoms with Gasteiger partial charge in [-0.1, -0.05) is 42.5 Å². The number of hydrogen-bond donors (Lipinski definition) is 0. The third-order valence-corrected chi connectivity index (χ3v) is 5.01. The highest BCUT2D eigenvalue weighted by molar-refractivity contribution is 6.05. The minimum Gasteiger partial charge on any atom is -0.465 e. The summed E-state index contributed by atoms with van der Waals surface area (Å²) in [4.78, 5) is 27.8. The van der Waals surface area contributed by atoms with Gasteiger partial charge in [-0.3, -0.25) is 19.9 Å². The molecule has 2 aliphatic rings. The lowest BCUT2D eigenvalue weighted by Gasteiger charge is -2.25. The molecule has 25 heavy (non-hydrogen) atoms. The van der Waals surface area contributed by atoms with Crippen molar-refractivity contribution in [2.75, 3.05) is 6.61 Å².